The lowest BCUT2D eigenvalue weighted by molar-refractivity contribution is -0.385. The van der Waals surface area contributed by atoms with Crippen molar-refractivity contribution in [3.05, 3.63) is 33.9 Å². The van der Waals surface area contributed by atoms with E-state index in [4.69, 9.17) is 4.74 Å². The van der Waals surface area contributed by atoms with Crippen LogP contribution < -0.4 is 10.1 Å². The van der Waals surface area contributed by atoms with Gasteiger partial charge in [-0.2, -0.15) is 0 Å². The Morgan fingerprint density at radius 1 is 1.40 bits per heavy atom. The van der Waals surface area contributed by atoms with Gasteiger partial charge in [-0.15, -0.1) is 0 Å². The molecule has 1 aromatic carbocycles. The fourth-order valence-electron chi connectivity index (χ4n) is 2.09. The Labute approximate surface area is 117 Å². The minimum Gasteiger partial charge on any atom is -0.496 e. The molecular formula is C12H16N2O5S. The summed E-state index contributed by atoms with van der Waals surface area (Å²) < 4.78 is 29.1. The molecule has 1 fully saturated rings. The molecule has 1 aliphatic rings. The minimum atomic E-state index is -3.28. The average Bonchev–Trinajstić information content (AvgIpc) is 2.33. The molecule has 7 nitrogen and oxygen atoms in total. The van der Waals surface area contributed by atoms with Gasteiger partial charge in [-0.3, -0.25) is 10.1 Å². The van der Waals surface area contributed by atoms with Crippen molar-refractivity contribution < 1.29 is 18.1 Å². The lowest BCUT2D eigenvalue weighted by atomic mass is 10.1. The first-order chi connectivity index (χ1) is 9.39. The molecule has 1 aliphatic heterocycles. The normalized spacial score (nSPS) is 15.7. The summed E-state index contributed by atoms with van der Waals surface area (Å²) >= 11 is 0. The van der Waals surface area contributed by atoms with Gasteiger partial charge >= 0.3 is 0 Å². The number of benzene rings is 1. The van der Waals surface area contributed by atoms with Crippen molar-refractivity contribution >= 4 is 15.5 Å². The Balaban J connectivity index is 2.18. The zero-order valence-corrected chi connectivity index (χ0v) is 11.9. The molecule has 2 rings (SSSR count). The number of methoxy groups -OCH3 is 1. The Hall–Kier alpha value is -1.67. The fourth-order valence-corrected chi connectivity index (χ4v) is 3.83. The third kappa shape index (κ3) is 3.67. The van der Waals surface area contributed by atoms with E-state index in [-0.39, 0.29) is 28.9 Å². The maximum atomic E-state index is 12.0. The van der Waals surface area contributed by atoms with Crippen LogP contribution in [0.1, 0.15) is 5.56 Å². The zero-order chi connectivity index (χ0) is 14.8. The molecule has 0 unspecified atom stereocenters. The van der Waals surface area contributed by atoms with Crippen LogP contribution in [0.25, 0.3) is 0 Å². The van der Waals surface area contributed by atoms with Crippen molar-refractivity contribution in [3.8, 4) is 5.75 Å². The van der Waals surface area contributed by atoms with Crippen molar-refractivity contribution in [1.29, 1.82) is 0 Å². The highest BCUT2D eigenvalue weighted by atomic mass is 32.2. The van der Waals surface area contributed by atoms with E-state index in [2.05, 4.69) is 5.32 Å². The second kappa shape index (κ2) is 5.76. The summed E-state index contributed by atoms with van der Waals surface area (Å²) in [6, 6.07) is 4.06. The number of ether oxygens (including phenoxy) is 1. The molecular weight excluding hydrogens is 284 g/mol. The highest BCUT2D eigenvalue weighted by Gasteiger charge is 2.25. The predicted octanol–water partition coefficient (Wildman–Crippen LogP) is 0.738. The first-order valence-electron chi connectivity index (χ1n) is 6.13. The largest absolute Gasteiger partial charge is 0.496 e. The molecule has 8 heteroatoms. The Bertz CT molecular complexity index is 610. The number of nitro benzene ring substituents is 1. The van der Waals surface area contributed by atoms with E-state index in [9.17, 15) is 18.5 Å². The van der Waals surface area contributed by atoms with Gasteiger partial charge in [-0.25, -0.2) is 8.42 Å². The van der Waals surface area contributed by atoms with Crippen molar-refractivity contribution in [3.63, 3.8) is 0 Å². The number of non-ortho nitro benzene ring substituents is 1. The standard InChI is InChI=1S/C12H16N2O5S/c1-19-12-3-9(2-11(4-12)14(15)16)7-20(17,18)8-10-5-13-6-10/h2-4,10,13H,5-8H2,1H3. The lowest BCUT2D eigenvalue weighted by Crippen LogP contribution is -2.45. The van der Waals surface area contributed by atoms with Gasteiger partial charge < -0.3 is 10.1 Å². The van der Waals surface area contributed by atoms with Crippen LogP contribution in [-0.4, -0.2) is 39.3 Å². The highest BCUT2D eigenvalue weighted by molar-refractivity contribution is 7.90. The molecule has 20 heavy (non-hydrogen) atoms. The maximum absolute atomic E-state index is 12.0. The zero-order valence-electron chi connectivity index (χ0n) is 11.0. The molecule has 0 aliphatic carbocycles. The number of nitrogens with zero attached hydrogens (tertiary/aromatic N) is 1. The van der Waals surface area contributed by atoms with Crippen LogP contribution in [0.5, 0.6) is 5.75 Å². The number of sulfone groups is 1. The Kier molecular flexibility index (Phi) is 4.24. The molecule has 0 saturated carbocycles. The molecule has 0 radical (unpaired) electrons. The first kappa shape index (κ1) is 14.7. The van der Waals surface area contributed by atoms with Crippen LogP contribution >= 0.6 is 0 Å². The van der Waals surface area contributed by atoms with Crippen LogP contribution in [-0.2, 0) is 15.6 Å². The summed E-state index contributed by atoms with van der Waals surface area (Å²) in [4.78, 5) is 10.3. The lowest BCUT2D eigenvalue weighted by Gasteiger charge is -2.26. The van der Waals surface area contributed by atoms with Crippen molar-refractivity contribution in [2.75, 3.05) is 26.0 Å². The number of nitro groups is 1. The van der Waals surface area contributed by atoms with Gasteiger partial charge in [0.15, 0.2) is 9.84 Å². The second-order valence-corrected chi connectivity index (χ2v) is 6.98. The van der Waals surface area contributed by atoms with Crippen LogP contribution in [0.4, 0.5) is 5.69 Å². The smallest absolute Gasteiger partial charge is 0.273 e. The van der Waals surface area contributed by atoms with Crippen molar-refractivity contribution in [1.82, 2.24) is 5.32 Å². The molecule has 0 bridgehead atoms. The highest BCUT2D eigenvalue weighted by Crippen LogP contribution is 2.24. The van der Waals surface area contributed by atoms with Gasteiger partial charge in [0.1, 0.15) is 5.75 Å². The topological polar surface area (TPSA) is 98.5 Å². The average molecular weight is 300 g/mol. The van der Waals surface area contributed by atoms with E-state index in [1.54, 1.807) is 0 Å². The number of hydrogen-bond donors (Lipinski definition) is 1. The van der Waals surface area contributed by atoms with Gasteiger partial charge in [-0.1, -0.05) is 0 Å². The molecule has 0 aromatic heterocycles. The van der Waals surface area contributed by atoms with Crippen LogP contribution in [0.3, 0.4) is 0 Å². The summed E-state index contributed by atoms with van der Waals surface area (Å²) in [7, 11) is -1.89. The van der Waals surface area contributed by atoms with Crippen LogP contribution in [0.15, 0.2) is 18.2 Å². The number of hydrogen-bond acceptors (Lipinski definition) is 6. The van der Waals surface area contributed by atoms with E-state index in [1.807, 2.05) is 0 Å². The molecule has 0 spiro atoms. The van der Waals surface area contributed by atoms with Crippen molar-refractivity contribution in [2.24, 2.45) is 5.92 Å². The minimum absolute atomic E-state index is 0.102. The van der Waals surface area contributed by atoms with Gasteiger partial charge in [0.05, 0.1) is 29.6 Å². The van der Waals surface area contributed by atoms with Gasteiger partial charge in [0, 0.05) is 19.2 Å². The van der Waals surface area contributed by atoms with Crippen LogP contribution in [0, 0.1) is 16.0 Å². The maximum Gasteiger partial charge on any atom is 0.273 e. The second-order valence-electron chi connectivity index (χ2n) is 4.88. The molecule has 1 saturated heterocycles. The quantitative estimate of drug-likeness (QED) is 0.614. The summed E-state index contributed by atoms with van der Waals surface area (Å²) in [5, 5.41) is 13.8. The van der Waals surface area contributed by atoms with E-state index >= 15 is 0 Å². The molecule has 0 amide bonds. The molecule has 110 valence electrons. The van der Waals surface area contributed by atoms with Crippen LogP contribution in [0.2, 0.25) is 0 Å². The van der Waals surface area contributed by atoms with E-state index in [0.717, 1.165) is 0 Å². The molecule has 0 atom stereocenters. The van der Waals surface area contributed by atoms with Gasteiger partial charge in [-0.05, 0) is 17.5 Å². The summed E-state index contributed by atoms with van der Waals surface area (Å²) in [6.07, 6.45) is 0. The van der Waals surface area contributed by atoms with E-state index in [1.165, 1.54) is 25.3 Å². The Morgan fingerprint density at radius 2 is 2.10 bits per heavy atom. The van der Waals surface area contributed by atoms with E-state index < -0.39 is 14.8 Å². The SMILES string of the molecule is COc1cc(CS(=O)(=O)CC2CNC2)cc([N+](=O)[O-])c1. The molecule has 1 N–H and O–H groups in total. The van der Waals surface area contributed by atoms with Gasteiger partial charge in [0.2, 0.25) is 0 Å². The molecule has 1 aromatic rings. The third-order valence-corrected chi connectivity index (χ3v) is 4.89. The Morgan fingerprint density at radius 3 is 2.60 bits per heavy atom. The molecule has 1 heterocycles. The monoisotopic (exact) mass is 300 g/mol. The number of nitrogens with one attached hydrogen (secondary N) is 1. The predicted molar refractivity (Wildman–Crippen MR) is 73.5 cm³/mol. The van der Waals surface area contributed by atoms with Crippen molar-refractivity contribution in [2.45, 2.75) is 5.75 Å². The van der Waals surface area contributed by atoms with E-state index in [0.29, 0.717) is 18.7 Å². The third-order valence-electron chi connectivity index (χ3n) is 3.14. The fraction of sp³-hybridized carbons (Fsp3) is 0.500. The van der Waals surface area contributed by atoms with Gasteiger partial charge in [0.25, 0.3) is 5.69 Å². The summed E-state index contributed by atoms with van der Waals surface area (Å²) in [5.41, 5.74) is 0.211. The summed E-state index contributed by atoms with van der Waals surface area (Å²) in [5.74, 6) is 0.322. The number of rotatable bonds is 6. The summed E-state index contributed by atoms with van der Waals surface area (Å²) in [6.45, 7) is 1.41. The first-order valence-corrected chi connectivity index (χ1v) is 7.95.